The number of nitrogens with one attached hydrogen (secondary N) is 2. The quantitative estimate of drug-likeness (QED) is 0.694. The summed E-state index contributed by atoms with van der Waals surface area (Å²) in [4.78, 5) is 20.3. The maximum atomic E-state index is 13.2. The molecule has 2 heterocycles. The van der Waals surface area contributed by atoms with Crippen molar-refractivity contribution in [3.8, 4) is 11.3 Å². The van der Waals surface area contributed by atoms with Gasteiger partial charge in [-0.2, -0.15) is 5.10 Å². The Labute approximate surface area is 168 Å². The molecular formula is C21H23FN6O. The lowest BCUT2D eigenvalue weighted by Crippen LogP contribution is -2.43. The second-order valence-electron chi connectivity index (χ2n) is 7.27. The lowest BCUT2D eigenvalue weighted by atomic mass is 9.91. The highest BCUT2D eigenvalue weighted by Crippen LogP contribution is 2.29. The van der Waals surface area contributed by atoms with Crippen LogP contribution in [0.2, 0.25) is 0 Å². The maximum Gasteiger partial charge on any atom is 0.315 e. The molecule has 1 aliphatic carbocycles. The first-order valence-electron chi connectivity index (χ1n) is 9.77. The van der Waals surface area contributed by atoms with Gasteiger partial charge in [-0.15, -0.1) is 0 Å². The smallest absolute Gasteiger partial charge is 0.315 e. The number of hydrogen-bond donors (Lipinski definition) is 2. The lowest BCUT2D eigenvalue weighted by Gasteiger charge is -2.29. The van der Waals surface area contributed by atoms with Gasteiger partial charge in [-0.25, -0.2) is 19.2 Å². The minimum absolute atomic E-state index is 0.135. The second-order valence-corrected chi connectivity index (χ2v) is 7.27. The van der Waals surface area contributed by atoms with Crippen LogP contribution < -0.4 is 10.6 Å². The molecule has 0 radical (unpaired) electrons. The van der Waals surface area contributed by atoms with E-state index >= 15 is 0 Å². The summed E-state index contributed by atoms with van der Waals surface area (Å²) in [5.74, 6) is -0.301. The zero-order valence-corrected chi connectivity index (χ0v) is 16.0. The van der Waals surface area contributed by atoms with Crippen LogP contribution in [-0.4, -0.2) is 31.8 Å². The minimum Gasteiger partial charge on any atom is -0.335 e. The molecule has 150 valence electrons. The van der Waals surface area contributed by atoms with Gasteiger partial charge >= 0.3 is 6.03 Å². The molecule has 0 spiro atoms. The third-order valence-corrected chi connectivity index (χ3v) is 5.23. The number of benzene rings is 1. The number of carbonyl (C=O) groups excluding carboxylic acids is 1. The molecule has 29 heavy (non-hydrogen) atoms. The van der Waals surface area contributed by atoms with Crippen LogP contribution >= 0.6 is 0 Å². The van der Waals surface area contributed by atoms with Gasteiger partial charge in [0.1, 0.15) is 12.1 Å². The van der Waals surface area contributed by atoms with E-state index in [1.54, 1.807) is 18.3 Å². The average molecular weight is 394 g/mol. The van der Waals surface area contributed by atoms with Crippen molar-refractivity contribution in [3.05, 3.63) is 66.6 Å². The fraction of sp³-hybridized carbons (Fsp3) is 0.333. The Morgan fingerprint density at radius 2 is 2.07 bits per heavy atom. The van der Waals surface area contributed by atoms with E-state index < -0.39 is 0 Å². The number of amides is 2. The Morgan fingerprint density at radius 1 is 1.21 bits per heavy atom. The number of nitrogens with zero attached hydrogens (tertiary/aromatic N) is 4. The molecule has 4 rings (SSSR count). The fourth-order valence-electron chi connectivity index (χ4n) is 3.68. The summed E-state index contributed by atoms with van der Waals surface area (Å²) in [6, 6.07) is 8.33. The first-order chi connectivity index (χ1) is 14.2. The summed E-state index contributed by atoms with van der Waals surface area (Å²) >= 11 is 0. The lowest BCUT2D eigenvalue weighted by molar-refractivity contribution is 0.225. The molecule has 2 amide bonds. The van der Waals surface area contributed by atoms with E-state index in [0.29, 0.717) is 12.6 Å². The van der Waals surface area contributed by atoms with Gasteiger partial charge < -0.3 is 10.6 Å². The number of halogens is 1. The van der Waals surface area contributed by atoms with E-state index in [-0.39, 0.29) is 17.9 Å². The standard InChI is InChI=1S/C21H23FN6O/c22-17-3-1-2-15(10-17)11-24-21(29)27-18-4-6-19(7-5-18)28-13-16(12-26-28)20-8-9-23-14-25-20/h1-3,8-10,12-14,18-19H,4-7,11H2,(H2,24,27,29). The predicted octanol–water partition coefficient (Wildman–Crippen LogP) is 3.46. The van der Waals surface area contributed by atoms with Gasteiger partial charge in [0.25, 0.3) is 0 Å². The van der Waals surface area contributed by atoms with E-state index in [0.717, 1.165) is 42.5 Å². The normalized spacial score (nSPS) is 18.9. The van der Waals surface area contributed by atoms with Crippen LogP contribution in [0.3, 0.4) is 0 Å². The van der Waals surface area contributed by atoms with Crippen LogP contribution in [0, 0.1) is 5.82 Å². The van der Waals surface area contributed by atoms with Crippen LogP contribution in [0.1, 0.15) is 37.3 Å². The average Bonchev–Trinajstić information content (AvgIpc) is 3.24. The number of rotatable bonds is 5. The van der Waals surface area contributed by atoms with E-state index in [1.165, 1.54) is 18.5 Å². The first-order valence-corrected chi connectivity index (χ1v) is 9.77. The van der Waals surface area contributed by atoms with Gasteiger partial charge in [-0.05, 0) is 49.4 Å². The fourth-order valence-corrected chi connectivity index (χ4v) is 3.68. The van der Waals surface area contributed by atoms with Crippen molar-refractivity contribution < 1.29 is 9.18 Å². The molecule has 1 aliphatic rings. The number of aromatic nitrogens is 4. The third kappa shape index (κ3) is 4.96. The SMILES string of the molecule is O=C(NCc1cccc(F)c1)NC1CCC(n2cc(-c3ccncn3)cn2)CC1. The molecule has 2 aromatic heterocycles. The molecule has 0 aliphatic heterocycles. The molecule has 2 N–H and O–H groups in total. The minimum atomic E-state index is -0.301. The molecule has 7 nitrogen and oxygen atoms in total. The Kier molecular flexibility index (Phi) is 5.79. The zero-order chi connectivity index (χ0) is 20.1. The molecule has 0 bridgehead atoms. The summed E-state index contributed by atoms with van der Waals surface area (Å²) in [6.45, 7) is 0.304. The Morgan fingerprint density at radius 3 is 2.83 bits per heavy atom. The van der Waals surface area contributed by atoms with Crippen LogP contribution in [0.25, 0.3) is 11.3 Å². The first kappa shape index (κ1) is 19.0. The Balaban J connectivity index is 1.24. The van der Waals surface area contributed by atoms with E-state index in [9.17, 15) is 9.18 Å². The molecule has 1 saturated carbocycles. The zero-order valence-electron chi connectivity index (χ0n) is 16.0. The molecule has 8 heteroatoms. The van der Waals surface area contributed by atoms with Crippen molar-refractivity contribution in [2.75, 3.05) is 0 Å². The summed E-state index contributed by atoms with van der Waals surface area (Å²) in [5, 5.41) is 10.3. The van der Waals surface area contributed by atoms with Crippen LogP contribution in [0.5, 0.6) is 0 Å². The third-order valence-electron chi connectivity index (χ3n) is 5.23. The predicted molar refractivity (Wildman–Crippen MR) is 106 cm³/mol. The Hall–Kier alpha value is -3.29. The van der Waals surface area contributed by atoms with E-state index in [1.807, 2.05) is 23.1 Å². The highest BCUT2D eigenvalue weighted by atomic mass is 19.1. The Bertz CT molecular complexity index is 953. The van der Waals surface area contributed by atoms with Gasteiger partial charge in [-0.1, -0.05) is 12.1 Å². The molecule has 3 aromatic rings. The second kappa shape index (κ2) is 8.81. The van der Waals surface area contributed by atoms with Crippen molar-refractivity contribution >= 4 is 6.03 Å². The van der Waals surface area contributed by atoms with Gasteiger partial charge in [-0.3, -0.25) is 4.68 Å². The van der Waals surface area contributed by atoms with Crippen LogP contribution in [0.15, 0.2) is 55.2 Å². The molecule has 0 unspecified atom stereocenters. The maximum absolute atomic E-state index is 13.2. The number of carbonyl (C=O) groups is 1. The van der Waals surface area contributed by atoms with E-state index in [2.05, 4.69) is 25.7 Å². The monoisotopic (exact) mass is 394 g/mol. The van der Waals surface area contributed by atoms with Crippen LogP contribution in [0.4, 0.5) is 9.18 Å². The van der Waals surface area contributed by atoms with Gasteiger partial charge in [0.05, 0.1) is 17.9 Å². The number of hydrogen-bond acceptors (Lipinski definition) is 4. The number of urea groups is 1. The largest absolute Gasteiger partial charge is 0.335 e. The molecule has 1 fully saturated rings. The molecule has 1 aromatic carbocycles. The topological polar surface area (TPSA) is 84.7 Å². The van der Waals surface area contributed by atoms with Crippen molar-refractivity contribution in [2.24, 2.45) is 0 Å². The highest BCUT2D eigenvalue weighted by Gasteiger charge is 2.24. The van der Waals surface area contributed by atoms with Crippen molar-refractivity contribution in [2.45, 2.75) is 44.3 Å². The van der Waals surface area contributed by atoms with Crippen molar-refractivity contribution in [1.29, 1.82) is 0 Å². The summed E-state index contributed by atoms with van der Waals surface area (Å²) in [7, 11) is 0. The molecule has 0 saturated heterocycles. The van der Waals surface area contributed by atoms with Gasteiger partial charge in [0.2, 0.25) is 0 Å². The summed E-state index contributed by atoms with van der Waals surface area (Å²) < 4.78 is 15.2. The highest BCUT2D eigenvalue weighted by molar-refractivity contribution is 5.74. The molecule has 0 atom stereocenters. The van der Waals surface area contributed by atoms with Crippen molar-refractivity contribution in [1.82, 2.24) is 30.4 Å². The van der Waals surface area contributed by atoms with Crippen molar-refractivity contribution in [3.63, 3.8) is 0 Å². The van der Waals surface area contributed by atoms with Gasteiger partial charge in [0.15, 0.2) is 0 Å². The van der Waals surface area contributed by atoms with E-state index in [4.69, 9.17) is 0 Å². The van der Waals surface area contributed by atoms with Gasteiger partial charge in [0, 0.05) is 30.5 Å². The molecular weight excluding hydrogens is 371 g/mol. The summed E-state index contributed by atoms with van der Waals surface area (Å²) in [5.41, 5.74) is 2.57. The summed E-state index contributed by atoms with van der Waals surface area (Å²) in [6.07, 6.45) is 10.8. The van der Waals surface area contributed by atoms with Crippen LogP contribution in [-0.2, 0) is 6.54 Å².